The van der Waals surface area contributed by atoms with Crippen LogP contribution >= 0.6 is 0 Å². The van der Waals surface area contributed by atoms with Crippen LogP contribution in [0.1, 0.15) is 30.1 Å². The number of hydrogen-bond donors (Lipinski definition) is 1. The number of carboxylic acid groups (broad SMARTS) is 1. The lowest BCUT2D eigenvalue weighted by molar-refractivity contribution is -0.144. The Labute approximate surface area is 136 Å². The van der Waals surface area contributed by atoms with Crippen molar-refractivity contribution in [2.75, 3.05) is 26.9 Å². The number of carbonyl (C=O) groups excluding carboxylic acids is 1. The Morgan fingerprint density at radius 1 is 1.35 bits per heavy atom. The van der Waals surface area contributed by atoms with Crippen molar-refractivity contribution in [1.82, 2.24) is 4.90 Å². The van der Waals surface area contributed by atoms with Crippen LogP contribution in [0.5, 0.6) is 5.75 Å². The Balaban J connectivity index is 2.10. The second kappa shape index (κ2) is 7.97. The van der Waals surface area contributed by atoms with Crippen molar-refractivity contribution in [1.29, 1.82) is 0 Å². The van der Waals surface area contributed by atoms with Gasteiger partial charge in [0.05, 0.1) is 12.5 Å². The van der Waals surface area contributed by atoms with Crippen LogP contribution in [-0.2, 0) is 9.53 Å². The Kier molecular flexibility index (Phi) is 5.98. The normalized spacial score (nSPS) is 21.0. The number of likely N-dealkylation sites (tertiary alicyclic amines) is 1. The van der Waals surface area contributed by atoms with Gasteiger partial charge in [-0.25, -0.2) is 0 Å². The van der Waals surface area contributed by atoms with E-state index in [1.165, 1.54) is 0 Å². The zero-order valence-corrected chi connectivity index (χ0v) is 13.5. The van der Waals surface area contributed by atoms with Gasteiger partial charge in [-0.05, 0) is 38.0 Å². The number of carbonyl (C=O) groups is 2. The van der Waals surface area contributed by atoms with E-state index in [1.54, 1.807) is 43.2 Å². The van der Waals surface area contributed by atoms with Crippen molar-refractivity contribution in [3.05, 3.63) is 29.8 Å². The van der Waals surface area contributed by atoms with Crippen LogP contribution in [0.3, 0.4) is 0 Å². The summed E-state index contributed by atoms with van der Waals surface area (Å²) in [5, 5.41) is 9.27. The van der Waals surface area contributed by atoms with Gasteiger partial charge < -0.3 is 19.5 Å². The van der Waals surface area contributed by atoms with E-state index in [9.17, 15) is 14.7 Å². The van der Waals surface area contributed by atoms with Crippen molar-refractivity contribution < 1.29 is 24.2 Å². The monoisotopic (exact) mass is 321 g/mol. The third kappa shape index (κ3) is 4.22. The molecule has 0 aromatic heterocycles. The number of aliphatic carboxylic acids is 1. The quantitative estimate of drug-likeness (QED) is 0.811. The SMILES string of the molecule is COCCOc1cccc(C(=O)N2CCC[C@H](C(=O)O)[C@@H]2C)c1. The minimum atomic E-state index is -0.841. The number of methoxy groups -OCH3 is 1. The molecule has 23 heavy (non-hydrogen) atoms. The Morgan fingerprint density at radius 3 is 2.83 bits per heavy atom. The molecule has 0 spiro atoms. The van der Waals surface area contributed by atoms with Crippen molar-refractivity contribution in [3.8, 4) is 5.75 Å². The lowest BCUT2D eigenvalue weighted by Crippen LogP contribution is -2.49. The van der Waals surface area contributed by atoms with Crippen molar-refractivity contribution in [2.24, 2.45) is 5.92 Å². The third-order valence-corrected chi connectivity index (χ3v) is 4.20. The minimum absolute atomic E-state index is 0.152. The van der Waals surface area contributed by atoms with E-state index >= 15 is 0 Å². The number of ether oxygens (including phenoxy) is 2. The molecule has 1 aromatic carbocycles. The summed E-state index contributed by atoms with van der Waals surface area (Å²) in [5.41, 5.74) is 0.512. The molecule has 1 amide bonds. The highest BCUT2D eigenvalue weighted by Gasteiger charge is 2.35. The van der Waals surface area contributed by atoms with Gasteiger partial charge in [-0.15, -0.1) is 0 Å². The number of amides is 1. The molecule has 0 radical (unpaired) electrons. The molecule has 0 aliphatic carbocycles. The fraction of sp³-hybridized carbons (Fsp3) is 0.529. The first kappa shape index (κ1) is 17.3. The zero-order chi connectivity index (χ0) is 16.8. The molecule has 6 heteroatoms. The molecule has 0 saturated carbocycles. The molecule has 0 unspecified atom stereocenters. The zero-order valence-electron chi connectivity index (χ0n) is 13.5. The molecule has 1 N–H and O–H groups in total. The highest BCUT2D eigenvalue weighted by molar-refractivity contribution is 5.95. The molecule has 2 rings (SSSR count). The summed E-state index contributed by atoms with van der Waals surface area (Å²) in [6.07, 6.45) is 1.32. The first-order valence-electron chi connectivity index (χ1n) is 7.80. The number of carboxylic acids is 1. The van der Waals surface area contributed by atoms with Gasteiger partial charge in [-0.1, -0.05) is 6.07 Å². The van der Waals surface area contributed by atoms with Crippen LogP contribution in [0.25, 0.3) is 0 Å². The highest BCUT2D eigenvalue weighted by Crippen LogP contribution is 2.26. The van der Waals surface area contributed by atoms with Gasteiger partial charge in [-0.3, -0.25) is 9.59 Å². The Morgan fingerprint density at radius 2 is 2.13 bits per heavy atom. The molecule has 1 fully saturated rings. The largest absolute Gasteiger partial charge is 0.491 e. The Bertz CT molecular complexity index is 560. The lowest BCUT2D eigenvalue weighted by atomic mass is 9.90. The number of benzene rings is 1. The van der Waals surface area contributed by atoms with Crippen molar-refractivity contribution in [2.45, 2.75) is 25.8 Å². The fourth-order valence-corrected chi connectivity index (χ4v) is 2.89. The molecule has 1 aromatic rings. The van der Waals surface area contributed by atoms with E-state index in [-0.39, 0.29) is 11.9 Å². The highest BCUT2D eigenvalue weighted by atomic mass is 16.5. The predicted molar refractivity (Wildman–Crippen MR) is 84.7 cm³/mol. The minimum Gasteiger partial charge on any atom is -0.491 e. The summed E-state index contributed by atoms with van der Waals surface area (Å²) in [6, 6.07) is 6.65. The van der Waals surface area contributed by atoms with Gasteiger partial charge in [0.1, 0.15) is 12.4 Å². The van der Waals surface area contributed by atoms with E-state index in [2.05, 4.69) is 0 Å². The van der Waals surface area contributed by atoms with E-state index in [1.807, 2.05) is 0 Å². The van der Waals surface area contributed by atoms with Crippen LogP contribution in [0, 0.1) is 5.92 Å². The number of hydrogen-bond acceptors (Lipinski definition) is 4. The van der Waals surface area contributed by atoms with E-state index < -0.39 is 11.9 Å². The smallest absolute Gasteiger partial charge is 0.308 e. The maximum absolute atomic E-state index is 12.7. The van der Waals surface area contributed by atoms with E-state index in [0.29, 0.717) is 43.9 Å². The fourth-order valence-electron chi connectivity index (χ4n) is 2.89. The molecule has 2 atom stereocenters. The summed E-state index contributed by atoms with van der Waals surface area (Å²) < 4.78 is 10.4. The maximum Gasteiger partial charge on any atom is 0.308 e. The molecule has 1 saturated heterocycles. The summed E-state index contributed by atoms with van der Waals surface area (Å²) in [5.74, 6) is -0.895. The van der Waals surface area contributed by atoms with Crippen LogP contribution in [0.4, 0.5) is 0 Å². The summed E-state index contributed by atoms with van der Waals surface area (Å²) in [6.45, 7) is 3.27. The average molecular weight is 321 g/mol. The molecule has 1 heterocycles. The van der Waals surface area contributed by atoms with Crippen LogP contribution in [-0.4, -0.2) is 54.8 Å². The number of rotatable bonds is 6. The summed E-state index contributed by atoms with van der Waals surface area (Å²) >= 11 is 0. The molecular formula is C17H23NO5. The topological polar surface area (TPSA) is 76.1 Å². The first-order valence-corrected chi connectivity index (χ1v) is 7.80. The lowest BCUT2D eigenvalue weighted by Gasteiger charge is -2.37. The first-order chi connectivity index (χ1) is 11.0. The molecule has 6 nitrogen and oxygen atoms in total. The second-order valence-electron chi connectivity index (χ2n) is 5.70. The predicted octanol–water partition coefficient (Wildman–Crippen LogP) is 2.04. The summed E-state index contributed by atoms with van der Waals surface area (Å²) in [4.78, 5) is 25.7. The third-order valence-electron chi connectivity index (χ3n) is 4.20. The van der Waals surface area contributed by atoms with Crippen LogP contribution < -0.4 is 4.74 Å². The number of nitrogens with zero attached hydrogens (tertiary/aromatic N) is 1. The summed E-state index contributed by atoms with van der Waals surface area (Å²) in [7, 11) is 1.60. The molecule has 126 valence electrons. The van der Waals surface area contributed by atoms with Crippen LogP contribution in [0.15, 0.2) is 24.3 Å². The van der Waals surface area contributed by atoms with Crippen molar-refractivity contribution in [3.63, 3.8) is 0 Å². The molecule has 1 aliphatic rings. The number of piperidine rings is 1. The van der Waals surface area contributed by atoms with E-state index in [4.69, 9.17) is 9.47 Å². The van der Waals surface area contributed by atoms with Gasteiger partial charge in [0.15, 0.2) is 0 Å². The second-order valence-corrected chi connectivity index (χ2v) is 5.70. The van der Waals surface area contributed by atoms with E-state index in [0.717, 1.165) is 0 Å². The molecular weight excluding hydrogens is 298 g/mol. The average Bonchev–Trinajstić information content (AvgIpc) is 2.55. The van der Waals surface area contributed by atoms with Gasteiger partial charge in [0.25, 0.3) is 5.91 Å². The maximum atomic E-state index is 12.7. The van der Waals surface area contributed by atoms with Gasteiger partial charge in [0.2, 0.25) is 0 Å². The van der Waals surface area contributed by atoms with Crippen molar-refractivity contribution >= 4 is 11.9 Å². The van der Waals surface area contributed by atoms with Gasteiger partial charge in [0, 0.05) is 25.3 Å². The standard InChI is InChI=1S/C17H23NO5/c1-12-15(17(20)21)7-4-8-18(12)16(19)13-5-3-6-14(11-13)23-10-9-22-2/h3,5-6,11-12,15H,4,7-10H2,1-2H3,(H,20,21)/t12-,15-/m0/s1. The Hall–Kier alpha value is -2.08. The van der Waals surface area contributed by atoms with Gasteiger partial charge >= 0.3 is 5.97 Å². The van der Waals surface area contributed by atoms with Crippen LogP contribution in [0.2, 0.25) is 0 Å². The molecule has 1 aliphatic heterocycles. The van der Waals surface area contributed by atoms with Gasteiger partial charge in [-0.2, -0.15) is 0 Å². The molecule has 0 bridgehead atoms.